The summed E-state index contributed by atoms with van der Waals surface area (Å²) in [6.45, 7) is 4.90. The van der Waals surface area contributed by atoms with Crippen molar-refractivity contribution in [1.82, 2.24) is 19.1 Å². The minimum Gasteiger partial charge on any atom is -0.309 e. The van der Waals surface area contributed by atoms with Crippen molar-refractivity contribution < 1.29 is 0 Å². The van der Waals surface area contributed by atoms with E-state index in [1.165, 1.54) is 76.1 Å². The fourth-order valence-corrected chi connectivity index (χ4v) is 12.5. The van der Waals surface area contributed by atoms with Gasteiger partial charge >= 0.3 is 0 Å². The summed E-state index contributed by atoms with van der Waals surface area (Å²) >= 11 is 0. The lowest BCUT2D eigenvalue weighted by atomic mass is 9.96. The van der Waals surface area contributed by atoms with E-state index in [2.05, 4.69) is 204 Å². The fourth-order valence-electron chi connectivity index (χ4n) is 9.61. The maximum Gasteiger partial charge on any atom is 0.235 e. The van der Waals surface area contributed by atoms with E-state index >= 15 is 0 Å². The summed E-state index contributed by atoms with van der Waals surface area (Å²) in [7, 11) is -2.22. The molecule has 0 saturated heterocycles. The van der Waals surface area contributed by atoms with Gasteiger partial charge in [0.1, 0.15) is 8.07 Å². The summed E-state index contributed by atoms with van der Waals surface area (Å²) in [5.74, 6) is 0.722. The molecule has 0 aliphatic carbocycles. The Bertz CT molecular complexity index is 3430. The van der Waals surface area contributed by atoms with Crippen LogP contribution in [-0.4, -0.2) is 27.2 Å². The molecule has 3 aromatic heterocycles. The van der Waals surface area contributed by atoms with Crippen molar-refractivity contribution in [3.8, 4) is 45.1 Å². The quantitative estimate of drug-likeness (QED) is 0.168. The van der Waals surface area contributed by atoms with Crippen LogP contribution in [0.1, 0.15) is 0 Å². The maximum atomic E-state index is 5.64. The maximum absolute atomic E-state index is 5.64. The molecule has 0 radical (unpaired) electrons. The van der Waals surface area contributed by atoms with Crippen molar-refractivity contribution in [3.05, 3.63) is 182 Å². The van der Waals surface area contributed by atoms with Gasteiger partial charge < -0.3 is 4.57 Å². The summed E-state index contributed by atoms with van der Waals surface area (Å²) in [4.78, 5) is 11.2. The van der Waals surface area contributed by atoms with Crippen molar-refractivity contribution in [2.45, 2.75) is 13.1 Å². The molecule has 4 nitrogen and oxygen atoms in total. The summed E-state index contributed by atoms with van der Waals surface area (Å²) < 4.78 is 4.67. The zero-order chi connectivity index (χ0) is 37.8. The van der Waals surface area contributed by atoms with E-state index in [4.69, 9.17) is 9.97 Å². The molecule has 0 fully saturated rings. The first kappa shape index (κ1) is 32.2. The summed E-state index contributed by atoms with van der Waals surface area (Å²) in [6, 6.07) is 66.0. The molecule has 0 atom stereocenters. The molecule has 57 heavy (non-hydrogen) atoms. The van der Waals surface area contributed by atoms with Crippen LogP contribution in [-0.2, 0) is 0 Å². The third-order valence-corrected chi connectivity index (χ3v) is 15.6. The Morgan fingerprint density at radius 2 is 0.947 bits per heavy atom. The van der Waals surface area contributed by atoms with Gasteiger partial charge in [0, 0.05) is 43.7 Å². The third kappa shape index (κ3) is 4.60. The topological polar surface area (TPSA) is 35.6 Å². The van der Waals surface area contributed by atoms with Gasteiger partial charge in [0.2, 0.25) is 5.95 Å². The van der Waals surface area contributed by atoms with Crippen molar-refractivity contribution in [3.63, 3.8) is 0 Å². The van der Waals surface area contributed by atoms with Gasteiger partial charge in [-0.1, -0.05) is 147 Å². The highest BCUT2D eigenvalue weighted by molar-refractivity contribution is 7.03. The minimum atomic E-state index is -2.22. The largest absolute Gasteiger partial charge is 0.309 e. The lowest BCUT2D eigenvalue weighted by Crippen LogP contribution is -2.51. The van der Waals surface area contributed by atoms with Gasteiger partial charge in [0.15, 0.2) is 0 Å². The molecule has 0 bridgehead atoms. The molecule has 4 heterocycles. The molecule has 5 heteroatoms. The second kappa shape index (κ2) is 12.0. The summed E-state index contributed by atoms with van der Waals surface area (Å²) in [5, 5.41) is 10.0. The third-order valence-electron chi connectivity index (χ3n) is 12.3. The van der Waals surface area contributed by atoms with Crippen LogP contribution in [0.2, 0.25) is 13.1 Å². The number of fused-ring (bicyclic) bond motifs is 11. The van der Waals surface area contributed by atoms with E-state index < -0.39 is 8.07 Å². The molecule has 0 unspecified atom stereocenters. The van der Waals surface area contributed by atoms with Gasteiger partial charge in [-0.15, -0.1) is 0 Å². The molecule has 0 spiro atoms. The smallest absolute Gasteiger partial charge is 0.235 e. The molecule has 1 aliphatic rings. The van der Waals surface area contributed by atoms with E-state index in [1.54, 1.807) is 0 Å². The Balaban J connectivity index is 1.08. The number of benzene rings is 8. The molecule has 0 N–H and O–H groups in total. The first-order chi connectivity index (χ1) is 28.0. The van der Waals surface area contributed by atoms with Gasteiger partial charge in [0.25, 0.3) is 0 Å². The highest BCUT2D eigenvalue weighted by atomic mass is 28.3. The number of hydrogen-bond donors (Lipinski definition) is 0. The van der Waals surface area contributed by atoms with Crippen LogP contribution in [0.5, 0.6) is 0 Å². The zero-order valence-corrected chi connectivity index (χ0v) is 32.6. The number of aromatic nitrogens is 4. The average molecular weight is 745 g/mol. The minimum absolute atomic E-state index is 0.722. The molecular weight excluding hydrogens is 709 g/mol. The Morgan fingerprint density at radius 1 is 0.404 bits per heavy atom. The number of para-hydroxylation sites is 3. The molecule has 268 valence electrons. The zero-order valence-electron chi connectivity index (χ0n) is 31.6. The number of hydrogen-bond acceptors (Lipinski definition) is 2. The van der Waals surface area contributed by atoms with E-state index in [-0.39, 0.29) is 0 Å². The van der Waals surface area contributed by atoms with Gasteiger partial charge in [-0.05, 0) is 81.2 Å². The SMILES string of the molecule is C[Si]1(C)c2ccc3ccccc3c2-c2c(-c3ccccc3)nc(-n3c4ccccc4c4cc(-c5ccc6c(c5)c5ccccc5n6-c5ccccc5)ccc43)nc21. The van der Waals surface area contributed by atoms with E-state index in [0.29, 0.717) is 0 Å². The number of rotatable bonds is 4. The monoisotopic (exact) mass is 744 g/mol. The van der Waals surface area contributed by atoms with Gasteiger partial charge in [-0.2, -0.15) is 0 Å². The normalized spacial score (nSPS) is 13.2. The fraction of sp³-hybridized carbons (Fsp3) is 0.0385. The van der Waals surface area contributed by atoms with Crippen molar-refractivity contribution in [2.24, 2.45) is 0 Å². The van der Waals surface area contributed by atoms with Crippen molar-refractivity contribution in [2.75, 3.05) is 0 Å². The van der Waals surface area contributed by atoms with Gasteiger partial charge in [0.05, 0.1) is 27.8 Å². The van der Waals surface area contributed by atoms with E-state index in [1.807, 2.05) is 0 Å². The van der Waals surface area contributed by atoms with Crippen molar-refractivity contribution in [1.29, 1.82) is 0 Å². The first-order valence-electron chi connectivity index (χ1n) is 19.7. The van der Waals surface area contributed by atoms with Gasteiger partial charge in [-0.25, -0.2) is 9.97 Å². The second-order valence-corrected chi connectivity index (χ2v) is 20.1. The molecule has 0 amide bonds. The Labute approximate surface area is 331 Å². The predicted octanol–water partition coefficient (Wildman–Crippen LogP) is 12.0. The van der Waals surface area contributed by atoms with Crippen LogP contribution in [0, 0.1) is 0 Å². The molecule has 1 aliphatic heterocycles. The highest BCUT2D eigenvalue weighted by Gasteiger charge is 2.42. The molecule has 11 aromatic rings. The van der Waals surface area contributed by atoms with Crippen LogP contribution in [0.25, 0.3) is 99.5 Å². The van der Waals surface area contributed by atoms with Crippen LogP contribution in [0.3, 0.4) is 0 Å². The average Bonchev–Trinajstić information content (AvgIpc) is 3.86. The van der Waals surface area contributed by atoms with Crippen LogP contribution in [0.15, 0.2) is 182 Å². The Morgan fingerprint density at radius 3 is 1.63 bits per heavy atom. The van der Waals surface area contributed by atoms with Crippen LogP contribution in [0.4, 0.5) is 0 Å². The number of nitrogens with zero attached hydrogens (tertiary/aromatic N) is 4. The summed E-state index contributed by atoms with van der Waals surface area (Å²) in [5.41, 5.74) is 12.8. The van der Waals surface area contributed by atoms with Gasteiger partial charge in [-0.3, -0.25) is 4.57 Å². The molecular formula is C52H36N4Si. The summed E-state index contributed by atoms with van der Waals surface area (Å²) in [6.07, 6.45) is 0. The Kier molecular flexibility index (Phi) is 6.75. The highest BCUT2D eigenvalue weighted by Crippen LogP contribution is 2.42. The lowest BCUT2D eigenvalue weighted by molar-refractivity contribution is 1.01. The molecule has 0 saturated carbocycles. The first-order valence-corrected chi connectivity index (χ1v) is 22.7. The standard InChI is InChI=1S/C52H36N4Si/c1-57(2)47-30-27-33-15-9-10-20-38(33)48(47)49-50(34-16-5-3-6-17-34)53-52(54-51(49)57)56-44-24-14-12-22-40(44)42-32-36(26-29-46(42)56)35-25-28-45-41(31-35)39-21-11-13-23-43(39)55(45)37-18-7-4-8-19-37/h3-32H,1-2H3. The molecule has 12 rings (SSSR count). The second-order valence-electron chi connectivity index (χ2n) is 15.8. The van der Waals surface area contributed by atoms with Crippen LogP contribution >= 0.6 is 0 Å². The Hall–Kier alpha value is -7.08. The van der Waals surface area contributed by atoms with Crippen molar-refractivity contribution >= 4 is 73.0 Å². The van der Waals surface area contributed by atoms with E-state index in [9.17, 15) is 0 Å². The predicted molar refractivity (Wildman–Crippen MR) is 241 cm³/mol. The lowest BCUT2D eigenvalue weighted by Gasteiger charge is -2.19. The molecule has 8 aromatic carbocycles. The van der Waals surface area contributed by atoms with E-state index in [0.717, 1.165) is 33.9 Å². The van der Waals surface area contributed by atoms with Crippen LogP contribution < -0.4 is 10.5 Å².